The monoisotopic (exact) mass is 316 g/mol. The van der Waals surface area contributed by atoms with E-state index in [0.29, 0.717) is 29.0 Å². The molecule has 0 saturated carbocycles. The summed E-state index contributed by atoms with van der Waals surface area (Å²) in [5.41, 5.74) is 2.10. The number of methoxy groups -OCH3 is 1. The standard InChI is InChI=1S/C19H24O4/c1-11(2)7-8-13-16(21)15(12(3)20)18-14(17(13)22-6)9-10-19(4,5)23-18/h7,9-10,21H,8H2,1-6H3. The molecule has 4 heteroatoms. The van der Waals surface area contributed by atoms with Crippen molar-refractivity contribution < 1.29 is 19.4 Å². The Kier molecular flexibility index (Phi) is 4.55. The van der Waals surface area contributed by atoms with E-state index in [1.165, 1.54) is 6.92 Å². The van der Waals surface area contributed by atoms with Gasteiger partial charge in [0, 0.05) is 5.56 Å². The van der Waals surface area contributed by atoms with Gasteiger partial charge in [-0.25, -0.2) is 0 Å². The van der Waals surface area contributed by atoms with Crippen LogP contribution in [0, 0.1) is 0 Å². The maximum Gasteiger partial charge on any atom is 0.167 e. The van der Waals surface area contributed by atoms with E-state index in [0.717, 1.165) is 5.57 Å². The summed E-state index contributed by atoms with van der Waals surface area (Å²) in [7, 11) is 1.56. The van der Waals surface area contributed by atoms with E-state index in [2.05, 4.69) is 0 Å². The average molecular weight is 316 g/mol. The van der Waals surface area contributed by atoms with E-state index in [1.807, 2.05) is 45.9 Å². The first-order chi connectivity index (χ1) is 10.7. The molecule has 4 nitrogen and oxygen atoms in total. The summed E-state index contributed by atoms with van der Waals surface area (Å²) in [4.78, 5) is 12.1. The molecule has 0 fully saturated rings. The van der Waals surface area contributed by atoms with Crippen LogP contribution in [0.1, 0.15) is 56.1 Å². The van der Waals surface area contributed by atoms with Gasteiger partial charge in [0.05, 0.1) is 12.7 Å². The summed E-state index contributed by atoms with van der Waals surface area (Å²) in [6, 6.07) is 0. The molecule has 0 aromatic heterocycles. The lowest BCUT2D eigenvalue weighted by molar-refractivity contribution is 0.0996. The predicted molar refractivity (Wildman–Crippen MR) is 91.5 cm³/mol. The Labute approximate surface area is 137 Å². The van der Waals surface area contributed by atoms with Crippen LogP contribution in [-0.4, -0.2) is 23.6 Å². The number of benzene rings is 1. The van der Waals surface area contributed by atoms with Crippen LogP contribution in [-0.2, 0) is 6.42 Å². The smallest absolute Gasteiger partial charge is 0.167 e. The quantitative estimate of drug-likeness (QED) is 0.665. The van der Waals surface area contributed by atoms with Gasteiger partial charge in [-0.3, -0.25) is 4.79 Å². The molecule has 0 saturated heterocycles. The van der Waals surface area contributed by atoms with Gasteiger partial charge < -0.3 is 14.6 Å². The number of Topliss-reactive ketones (excluding diaryl/α,β-unsaturated/α-hetero) is 1. The number of carbonyl (C=O) groups excluding carboxylic acids is 1. The number of ether oxygens (including phenoxy) is 2. The Hall–Kier alpha value is -2.23. The number of allylic oxidation sites excluding steroid dienone is 2. The van der Waals surface area contributed by atoms with Crippen molar-refractivity contribution in [1.29, 1.82) is 0 Å². The first-order valence-corrected chi connectivity index (χ1v) is 7.66. The lowest BCUT2D eigenvalue weighted by atomic mass is 9.92. The molecule has 2 rings (SSSR count). The Bertz CT molecular complexity index is 705. The van der Waals surface area contributed by atoms with Crippen LogP contribution in [0.5, 0.6) is 17.2 Å². The Morgan fingerprint density at radius 3 is 2.52 bits per heavy atom. The molecular formula is C19H24O4. The fourth-order valence-corrected chi connectivity index (χ4v) is 2.66. The number of hydrogen-bond donors (Lipinski definition) is 1. The molecule has 1 aromatic carbocycles. The highest BCUT2D eigenvalue weighted by atomic mass is 16.5. The molecule has 1 aromatic rings. The van der Waals surface area contributed by atoms with Crippen molar-refractivity contribution >= 4 is 11.9 Å². The van der Waals surface area contributed by atoms with Gasteiger partial charge in [0.1, 0.15) is 28.4 Å². The highest BCUT2D eigenvalue weighted by Gasteiger charge is 2.32. The van der Waals surface area contributed by atoms with E-state index in [1.54, 1.807) is 7.11 Å². The summed E-state index contributed by atoms with van der Waals surface area (Å²) in [5.74, 6) is 0.648. The topological polar surface area (TPSA) is 55.8 Å². The minimum Gasteiger partial charge on any atom is -0.507 e. The second kappa shape index (κ2) is 6.11. The Balaban J connectivity index is 2.79. The number of ketones is 1. The Morgan fingerprint density at radius 2 is 2.00 bits per heavy atom. The highest BCUT2D eigenvalue weighted by Crippen LogP contribution is 2.47. The molecule has 0 bridgehead atoms. The summed E-state index contributed by atoms with van der Waals surface area (Å²) in [6.45, 7) is 9.20. The molecule has 1 aliphatic rings. The molecule has 0 spiro atoms. The number of carbonyl (C=O) groups is 1. The second-order valence-corrected chi connectivity index (χ2v) is 6.56. The van der Waals surface area contributed by atoms with Crippen LogP contribution < -0.4 is 9.47 Å². The highest BCUT2D eigenvalue weighted by molar-refractivity contribution is 6.02. The lowest BCUT2D eigenvalue weighted by Gasteiger charge is -2.31. The third-order valence-electron chi connectivity index (χ3n) is 3.80. The third-order valence-corrected chi connectivity index (χ3v) is 3.80. The fourth-order valence-electron chi connectivity index (χ4n) is 2.66. The summed E-state index contributed by atoms with van der Waals surface area (Å²) < 4.78 is 11.5. The van der Waals surface area contributed by atoms with Gasteiger partial charge in [0.25, 0.3) is 0 Å². The van der Waals surface area contributed by atoms with Crippen molar-refractivity contribution in [2.24, 2.45) is 0 Å². The number of hydrogen-bond acceptors (Lipinski definition) is 4. The summed E-state index contributed by atoms with van der Waals surface area (Å²) >= 11 is 0. The van der Waals surface area contributed by atoms with E-state index in [4.69, 9.17) is 9.47 Å². The van der Waals surface area contributed by atoms with Crippen LogP contribution in [0.2, 0.25) is 0 Å². The molecule has 1 aliphatic heterocycles. The van der Waals surface area contributed by atoms with Crippen LogP contribution in [0.15, 0.2) is 17.7 Å². The normalized spacial score (nSPS) is 14.7. The zero-order valence-electron chi connectivity index (χ0n) is 14.6. The lowest BCUT2D eigenvalue weighted by Crippen LogP contribution is -2.29. The van der Waals surface area contributed by atoms with Crippen molar-refractivity contribution in [3.8, 4) is 17.2 Å². The average Bonchev–Trinajstić information content (AvgIpc) is 2.42. The summed E-state index contributed by atoms with van der Waals surface area (Å²) in [5, 5.41) is 10.7. The fraction of sp³-hybridized carbons (Fsp3) is 0.421. The number of phenolic OH excluding ortho intramolecular Hbond substituents is 1. The molecule has 0 radical (unpaired) electrons. The minimum absolute atomic E-state index is 0.0586. The zero-order chi connectivity index (χ0) is 17.4. The van der Waals surface area contributed by atoms with Gasteiger partial charge >= 0.3 is 0 Å². The van der Waals surface area contributed by atoms with Crippen LogP contribution in [0.25, 0.3) is 6.08 Å². The molecule has 0 amide bonds. The minimum atomic E-state index is -0.546. The first-order valence-electron chi connectivity index (χ1n) is 7.66. The van der Waals surface area contributed by atoms with Crippen LogP contribution in [0.4, 0.5) is 0 Å². The first kappa shape index (κ1) is 17.1. The molecule has 0 aliphatic carbocycles. The predicted octanol–water partition coefficient (Wildman–Crippen LogP) is 4.30. The molecule has 1 heterocycles. The number of phenols is 1. The molecule has 124 valence electrons. The van der Waals surface area contributed by atoms with Gasteiger partial charge in [0.2, 0.25) is 0 Å². The molecule has 0 unspecified atom stereocenters. The van der Waals surface area contributed by atoms with Crippen molar-refractivity contribution in [2.45, 2.75) is 46.6 Å². The van der Waals surface area contributed by atoms with Gasteiger partial charge in [-0.15, -0.1) is 0 Å². The van der Waals surface area contributed by atoms with Gasteiger partial charge in [0.15, 0.2) is 5.78 Å². The molecule has 1 N–H and O–H groups in total. The van der Waals surface area contributed by atoms with Crippen molar-refractivity contribution in [2.75, 3.05) is 7.11 Å². The largest absolute Gasteiger partial charge is 0.507 e. The molecular weight excluding hydrogens is 292 g/mol. The number of aromatic hydroxyl groups is 1. The van der Waals surface area contributed by atoms with E-state index >= 15 is 0 Å². The van der Waals surface area contributed by atoms with E-state index in [-0.39, 0.29) is 17.1 Å². The van der Waals surface area contributed by atoms with Gasteiger partial charge in [-0.1, -0.05) is 11.6 Å². The van der Waals surface area contributed by atoms with E-state index in [9.17, 15) is 9.90 Å². The molecule has 0 atom stereocenters. The second-order valence-electron chi connectivity index (χ2n) is 6.56. The van der Waals surface area contributed by atoms with Crippen molar-refractivity contribution in [3.63, 3.8) is 0 Å². The van der Waals surface area contributed by atoms with Crippen molar-refractivity contribution in [3.05, 3.63) is 34.4 Å². The number of fused-ring (bicyclic) bond motifs is 1. The Morgan fingerprint density at radius 1 is 1.35 bits per heavy atom. The maximum atomic E-state index is 12.1. The van der Waals surface area contributed by atoms with Gasteiger partial charge in [-0.2, -0.15) is 0 Å². The van der Waals surface area contributed by atoms with Gasteiger partial charge in [-0.05, 0) is 53.2 Å². The number of rotatable bonds is 4. The third kappa shape index (κ3) is 3.26. The van der Waals surface area contributed by atoms with Crippen LogP contribution >= 0.6 is 0 Å². The zero-order valence-corrected chi connectivity index (χ0v) is 14.6. The summed E-state index contributed by atoms with van der Waals surface area (Å²) in [6.07, 6.45) is 6.30. The SMILES string of the molecule is COc1c2c(c(C(C)=O)c(O)c1CC=C(C)C)OC(C)(C)C=C2. The van der Waals surface area contributed by atoms with Crippen LogP contribution in [0.3, 0.4) is 0 Å². The molecule has 23 heavy (non-hydrogen) atoms. The van der Waals surface area contributed by atoms with Crippen molar-refractivity contribution in [1.82, 2.24) is 0 Å². The van der Waals surface area contributed by atoms with E-state index < -0.39 is 5.60 Å². The maximum absolute atomic E-state index is 12.1.